The minimum Gasteiger partial charge on any atom is -0.444 e. The molecule has 2 N–H and O–H groups in total. The number of carbonyl (C=O) groups excluding carboxylic acids is 1. The molecule has 5 nitrogen and oxygen atoms in total. The fourth-order valence-electron chi connectivity index (χ4n) is 5.15. The number of rotatable bonds is 4. The number of benzene rings is 1. The van der Waals surface area contributed by atoms with E-state index in [9.17, 15) is 14.4 Å². The minimum absolute atomic E-state index is 0.0788. The van der Waals surface area contributed by atoms with E-state index in [0.717, 1.165) is 50.8 Å². The van der Waals surface area contributed by atoms with E-state index in [4.69, 9.17) is 4.74 Å². The summed E-state index contributed by atoms with van der Waals surface area (Å²) < 4.78 is 19.6. The number of nitrogens with one attached hydrogen (secondary N) is 2. The van der Waals surface area contributed by atoms with Gasteiger partial charge in [-0.1, -0.05) is 18.6 Å². The Morgan fingerprint density at radius 3 is 2.59 bits per heavy atom. The molecule has 0 unspecified atom stereocenters. The van der Waals surface area contributed by atoms with E-state index in [0.29, 0.717) is 0 Å². The highest BCUT2D eigenvalue weighted by atomic mass is 19.1. The van der Waals surface area contributed by atoms with Crippen molar-refractivity contribution < 1.29 is 13.9 Å². The van der Waals surface area contributed by atoms with Crippen molar-refractivity contribution in [2.75, 3.05) is 13.1 Å². The van der Waals surface area contributed by atoms with Gasteiger partial charge in [-0.15, -0.1) is 0 Å². The largest absolute Gasteiger partial charge is 0.444 e. The molecule has 1 amide bonds. The zero-order valence-corrected chi connectivity index (χ0v) is 17.6. The first-order valence-electron chi connectivity index (χ1n) is 10.6. The second-order valence-electron chi connectivity index (χ2n) is 9.31. The number of hydrogen-bond acceptors (Lipinski definition) is 4. The number of alkyl carbamates (subject to hydrolysis) is 1. The van der Waals surface area contributed by atoms with Crippen LogP contribution in [0.15, 0.2) is 24.3 Å². The number of nitriles is 1. The third-order valence-electron chi connectivity index (χ3n) is 6.27. The van der Waals surface area contributed by atoms with E-state index in [2.05, 4.69) is 16.7 Å². The summed E-state index contributed by atoms with van der Waals surface area (Å²) in [4.78, 5) is 12.5. The number of piperidine rings is 1. The lowest BCUT2D eigenvalue weighted by atomic mass is 9.59. The highest BCUT2D eigenvalue weighted by molar-refractivity contribution is 5.68. The van der Waals surface area contributed by atoms with Gasteiger partial charge < -0.3 is 15.4 Å². The van der Waals surface area contributed by atoms with Crippen LogP contribution in [0.5, 0.6) is 0 Å². The molecule has 1 saturated carbocycles. The van der Waals surface area contributed by atoms with Crippen LogP contribution < -0.4 is 10.6 Å². The molecule has 1 heterocycles. The van der Waals surface area contributed by atoms with Gasteiger partial charge in [0.2, 0.25) is 0 Å². The van der Waals surface area contributed by atoms with E-state index < -0.39 is 17.1 Å². The molecule has 29 heavy (non-hydrogen) atoms. The van der Waals surface area contributed by atoms with Gasteiger partial charge in [0.1, 0.15) is 11.4 Å². The predicted octanol–water partition coefficient (Wildman–Crippen LogP) is 4.28. The van der Waals surface area contributed by atoms with Gasteiger partial charge in [-0.3, -0.25) is 0 Å². The maximum atomic E-state index is 14.2. The first kappa shape index (κ1) is 21.6. The number of amides is 1. The van der Waals surface area contributed by atoms with Gasteiger partial charge >= 0.3 is 6.09 Å². The topological polar surface area (TPSA) is 74.1 Å². The van der Waals surface area contributed by atoms with Crippen LogP contribution in [0.3, 0.4) is 0 Å². The molecule has 1 saturated heterocycles. The van der Waals surface area contributed by atoms with Crippen molar-refractivity contribution in [1.82, 2.24) is 10.6 Å². The van der Waals surface area contributed by atoms with Gasteiger partial charge in [0.25, 0.3) is 0 Å². The summed E-state index contributed by atoms with van der Waals surface area (Å²) in [7, 11) is 0. The molecule has 0 aromatic heterocycles. The van der Waals surface area contributed by atoms with E-state index >= 15 is 0 Å². The lowest BCUT2D eigenvalue weighted by Gasteiger charge is -2.44. The summed E-state index contributed by atoms with van der Waals surface area (Å²) in [6, 6.07) is 8.95. The smallest absolute Gasteiger partial charge is 0.407 e. The summed E-state index contributed by atoms with van der Waals surface area (Å²) in [5, 5.41) is 16.9. The Morgan fingerprint density at radius 1 is 1.24 bits per heavy atom. The summed E-state index contributed by atoms with van der Waals surface area (Å²) in [6.45, 7) is 7.20. The van der Waals surface area contributed by atoms with Gasteiger partial charge in [0, 0.05) is 12.0 Å². The number of halogens is 1. The van der Waals surface area contributed by atoms with Gasteiger partial charge in [-0.25, -0.2) is 9.18 Å². The normalized spacial score (nSPS) is 25.1. The minimum atomic E-state index is -0.833. The number of nitrogens with zero attached hydrogens (tertiary/aromatic N) is 1. The molecule has 1 aromatic carbocycles. The fraction of sp³-hybridized carbons (Fsp3) is 0.652. The van der Waals surface area contributed by atoms with Gasteiger partial charge in [0.15, 0.2) is 0 Å². The second kappa shape index (κ2) is 8.71. The average molecular weight is 402 g/mol. The van der Waals surface area contributed by atoms with Crippen molar-refractivity contribution >= 4 is 6.09 Å². The predicted molar refractivity (Wildman–Crippen MR) is 110 cm³/mol. The Balaban J connectivity index is 1.96. The molecule has 1 aliphatic heterocycles. The lowest BCUT2D eigenvalue weighted by Crippen LogP contribution is -2.52. The zero-order valence-electron chi connectivity index (χ0n) is 17.6. The highest BCUT2D eigenvalue weighted by Gasteiger charge is 2.52. The number of hydrogen-bond donors (Lipinski definition) is 2. The first-order chi connectivity index (χ1) is 13.8. The molecular formula is C23H32FN3O2. The van der Waals surface area contributed by atoms with E-state index in [-0.39, 0.29) is 23.7 Å². The van der Waals surface area contributed by atoms with Crippen LogP contribution >= 0.6 is 0 Å². The van der Waals surface area contributed by atoms with Crippen molar-refractivity contribution in [2.24, 2.45) is 11.8 Å². The molecule has 2 fully saturated rings. The molecule has 1 aliphatic carbocycles. The lowest BCUT2D eigenvalue weighted by molar-refractivity contribution is 0.0470. The molecular weight excluding hydrogens is 369 g/mol. The van der Waals surface area contributed by atoms with Crippen molar-refractivity contribution in [3.63, 3.8) is 0 Å². The van der Waals surface area contributed by atoms with Crippen molar-refractivity contribution in [2.45, 2.75) is 69.9 Å². The first-order valence-corrected chi connectivity index (χ1v) is 10.6. The van der Waals surface area contributed by atoms with Crippen LogP contribution in [0, 0.1) is 29.0 Å². The Kier molecular flexibility index (Phi) is 6.48. The Labute approximate surface area is 173 Å². The Hall–Kier alpha value is -2.13. The summed E-state index contributed by atoms with van der Waals surface area (Å²) in [6.07, 6.45) is 3.82. The molecule has 158 valence electrons. The fourth-order valence-corrected chi connectivity index (χ4v) is 5.15. The monoisotopic (exact) mass is 401 g/mol. The number of carbonyl (C=O) groups is 1. The van der Waals surface area contributed by atoms with Crippen LogP contribution in [-0.4, -0.2) is 30.8 Å². The van der Waals surface area contributed by atoms with Gasteiger partial charge in [-0.05, 0) is 83.2 Å². The molecule has 3 rings (SSSR count). The number of ether oxygens (including phenoxy) is 1. The van der Waals surface area contributed by atoms with E-state index in [1.165, 1.54) is 12.1 Å². The van der Waals surface area contributed by atoms with E-state index in [1.807, 2.05) is 26.8 Å². The van der Waals surface area contributed by atoms with Crippen molar-refractivity contribution in [3.8, 4) is 6.07 Å². The quantitative estimate of drug-likeness (QED) is 0.790. The maximum Gasteiger partial charge on any atom is 0.407 e. The Bertz CT molecular complexity index is 764. The van der Waals surface area contributed by atoms with E-state index in [1.54, 1.807) is 6.07 Å². The van der Waals surface area contributed by atoms with Crippen LogP contribution in [0.2, 0.25) is 0 Å². The van der Waals surface area contributed by atoms with Crippen LogP contribution in [0.25, 0.3) is 0 Å². The summed E-state index contributed by atoms with van der Waals surface area (Å²) >= 11 is 0. The SMILES string of the molecule is CC(C)(C)OC(=O)N[C@H]1CCC[C@@H]1[C@](C#N)(c1cccc(F)c1)C1CCNCC1. The summed E-state index contributed by atoms with van der Waals surface area (Å²) in [5.74, 6) is -0.294. The molecule has 2 aliphatic rings. The molecule has 0 spiro atoms. The summed E-state index contributed by atoms with van der Waals surface area (Å²) in [5.41, 5.74) is -0.683. The van der Waals surface area contributed by atoms with Crippen LogP contribution in [0.1, 0.15) is 58.4 Å². The molecule has 3 atom stereocenters. The van der Waals surface area contributed by atoms with Crippen molar-refractivity contribution in [1.29, 1.82) is 5.26 Å². The molecule has 0 bridgehead atoms. The molecule has 6 heteroatoms. The third kappa shape index (κ3) is 4.72. The second-order valence-corrected chi connectivity index (χ2v) is 9.31. The van der Waals surface area contributed by atoms with Crippen LogP contribution in [0.4, 0.5) is 9.18 Å². The zero-order chi connectivity index (χ0) is 21.1. The molecule has 1 aromatic rings. The highest BCUT2D eigenvalue weighted by Crippen LogP contribution is 2.49. The average Bonchev–Trinajstić information content (AvgIpc) is 3.11. The van der Waals surface area contributed by atoms with Crippen molar-refractivity contribution in [3.05, 3.63) is 35.6 Å². The maximum absolute atomic E-state index is 14.2. The molecule has 0 radical (unpaired) electrons. The standard InChI is InChI=1S/C23H32FN3O2/c1-22(2,3)29-21(28)27-20-9-5-8-19(20)23(15-25,16-10-12-26-13-11-16)17-6-4-7-18(24)14-17/h4,6-7,14,16,19-20,26H,5,8-13H2,1-3H3,(H,27,28)/t19-,20-,23-/m0/s1. The van der Waals surface area contributed by atoms with Gasteiger partial charge in [-0.2, -0.15) is 5.26 Å². The third-order valence-corrected chi connectivity index (χ3v) is 6.27. The van der Waals surface area contributed by atoms with Gasteiger partial charge in [0.05, 0.1) is 11.5 Å². The Morgan fingerprint density at radius 2 is 1.97 bits per heavy atom. The van der Waals surface area contributed by atoms with Crippen LogP contribution in [-0.2, 0) is 10.2 Å².